The summed E-state index contributed by atoms with van der Waals surface area (Å²) in [4.78, 5) is 0. The lowest BCUT2D eigenvalue weighted by Crippen LogP contribution is -2.49. The fourth-order valence-electron chi connectivity index (χ4n) is 7.87. The van der Waals surface area contributed by atoms with E-state index in [0.717, 1.165) is 52.8 Å². The molecule has 0 fully saturated rings. The van der Waals surface area contributed by atoms with Crippen LogP contribution >= 0.6 is 31.9 Å². The van der Waals surface area contributed by atoms with E-state index in [4.69, 9.17) is 4.43 Å². The van der Waals surface area contributed by atoms with Crippen molar-refractivity contribution in [2.24, 2.45) is 17.3 Å². The number of rotatable bonds is 18. The van der Waals surface area contributed by atoms with E-state index in [1.54, 1.807) is 0 Å². The van der Waals surface area contributed by atoms with Crippen LogP contribution in [0.2, 0.25) is 18.1 Å². The first-order chi connectivity index (χ1) is 27.2. The molecule has 0 aromatic heterocycles. The minimum Gasteiger partial charge on any atom is -0.412 e. The molecule has 0 spiro atoms. The Labute approximate surface area is 363 Å². The second-order valence-corrected chi connectivity index (χ2v) is 24.1. The molecule has 300 valence electrons. The van der Waals surface area contributed by atoms with Gasteiger partial charge in [-0.15, -0.1) is 0 Å². The molecule has 5 aromatic rings. The molecule has 5 aromatic carbocycles. The fraction of sp³-hybridized carbons (Fsp3) is 0.358. The molecular formula is C53H64Br2OSi. The molecule has 5 rings (SSSR count). The molecule has 4 heteroatoms. The Morgan fingerprint density at radius 3 is 0.982 bits per heavy atom. The molecule has 0 radical (unpaired) electrons. The first-order valence-corrected chi connectivity index (χ1v) is 25.1. The SMILES string of the molecule is CC[Si](CC)(CC)OC(C)(C)C(Cc1ccc(Br)cc1)Cc1ccc(/C=C/c2ccc(/C=C/c3ccc(CC(Cc4ccc(Br)cc4)C(C)(C)C)cc3)cc2)cc1. The van der Waals surface area contributed by atoms with Crippen molar-refractivity contribution >= 4 is 64.5 Å². The van der Waals surface area contributed by atoms with Crippen molar-refractivity contribution in [3.8, 4) is 0 Å². The van der Waals surface area contributed by atoms with E-state index >= 15 is 0 Å². The molecule has 0 aliphatic heterocycles. The predicted octanol–water partition coefficient (Wildman–Crippen LogP) is 16.2. The summed E-state index contributed by atoms with van der Waals surface area (Å²) in [6.45, 7) is 18.8. The first kappa shape index (κ1) is 44.8. The highest BCUT2D eigenvalue weighted by Crippen LogP contribution is 2.36. The largest absolute Gasteiger partial charge is 0.412 e. The Kier molecular flexibility index (Phi) is 16.2. The Hall–Kier alpha value is -3.28. The van der Waals surface area contributed by atoms with Gasteiger partial charge in [0.25, 0.3) is 0 Å². The highest BCUT2D eigenvalue weighted by molar-refractivity contribution is 9.10. The molecule has 0 aliphatic carbocycles. The topological polar surface area (TPSA) is 9.23 Å². The smallest absolute Gasteiger partial charge is 0.192 e. The zero-order valence-corrected chi connectivity index (χ0v) is 39.8. The lowest BCUT2D eigenvalue weighted by Gasteiger charge is -2.43. The van der Waals surface area contributed by atoms with Crippen LogP contribution < -0.4 is 0 Å². The van der Waals surface area contributed by atoms with E-state index in [1.807, 2.05) is 0 Å². The highest BCUT2D eigenvalue weighted by atomic mass is 79.9. The van der Waals surface area contributed by atoms with E-state index in [2.05, 4.69) is 233 Å². The zero-order valence-electron chi connectivity index (χ0n) is 35.6. The minimum absolute atomic E-state index is 0.219. The Bertz CT molecular complexity index is 2010. The van der Waals surface area contributed by atoms with Crippen molar-refractivity contribution in [3.63, 3.8) is 0 Å². The van der Waals surface area contributed by atoms with Crippen LogP contribution in [0.5, 0.6) is 0 Å². The van der Waals surface area contributed by atoms with Gasteiger partial charge in [-0.1, -0.05) is 195 Å². The van der Waals surface area contributed by atoms with Gasteiger partial charge in [-0.3, -0.25) is 0 Å². The summed E-state index contributed by atoms with van der Waals surface area (Å²) >= 11 is 7.19. The predicted molar refractivity (Wildman–Crippen MR) is 259 cm³/mol. The maximum atomic E-state index is 7.22. The average molecular weight is 905 g/mol. The minimum atomic E-state index is -1.78. The molecule has 0 saturated carbocycles. The molecule has 2 atom stereocenters. The van der Waals surface area contributed by atoms with Gasteiger partial charge in [-0.25, -0.2) is 0 Å². The van der Waals surface area contributed by atoms with Crippen LogP contribution in [-0.4, -0.2) is 13.9 Å². The summed E-state index contributed by atoms with van der Waals surface area (Å²) in [5.74, 6) is 0.924. The second-order valence-electron chi connectivity index (χ2n) is 17.6. The highest BCUT2D eigenvalue weighted by Gasteiger charge is 2.40. The Morgan fingerprint density at radius 2 is 0.702 bits per heavy atom. The van der Waals surface area contributed by atoms with Crippen LogP contribution in [0.25, 0.3) is 24.3 Å². The summed E-state index contributed by atoms with van der Waals surface area (Å²) in [5, 5.41) is 0. The van der Waals surface area contributed by atoms with Gasteiger partial charge in [-0.2, -0.15) is 0 Å². The number of benzene rings is 5. The van der Waals surface area contributed by atoms with Gasteiger partial charge in [0.2, 0.25) is 0 Å². The van der Waals surface area contributed by atoms with E-state index in [0.29, 0.717) is 11.8 Å². The van der Waals surface area contributed by atoms with Gasteiger partial charge in [0.1, 0.15) is 0 Å². The summed E-state index contributed by atoms with van der Waals surface area (Å²) in [7, 11) is -1.78. The van der Waals surface area contributed by atoms with Crippen molar-refractivity contribution in [2.45, 2.75) is 105 Å². The molecule has 0 saturated heterocycles. The lowest BCUT2D eigenvalue weighted by atomic mass is 9.74. The molecule has 1 nitrogen and oxygen atoms in total. The Balaban J connectivity index is 1.18. The van der Waals surface area contributed by atoms with Crippen molar-refractivity contribution in [1.82, 2.24) is 0 Å². The van der Waals surface area contributed by atoms with Crippen LogP contribution in [0.1, 0.15) is 99.9 Å². The third-order valence-electron chi connectivity index (χ3n) is 12.2. The second kappa shape index (κ2) is 20.6. The molecule has 0 amide bonds. The Morgan fingerprint density at radius 1 is 0.439 bits per heavy atom. The normalized spacial score (nSPS) is 13.7. The van der Waals surface area contributed by atoms with Crippen molar-refractivity contribution in [3.05, 3.63) is 175 Å². The van der Waals surface area contributed by atoms with Gasteiger partial charge in [0.05, 0.1) is 5.60 Å². The third kappa shape index (κ3) is 13.6. The average Bonchev–Trinajstić information content (AvgIpc) is 3.20. The molecular weight excluding hydrogens is 840 g/mol. The quantitative estimate of drug-likeness (QED) is 0.0629. The maximum absolute atomic E-state index is 7.22. The van der Waals surface area contributed by atoms with E-state index in [1.165, 1.54) is 44.5 Å². The summed E-state index contributed by atoms with van der Waals surface area (Å²) in [6, 6.07) is 48.1. The van der Waals surface area contributed by atoms with Gasteiger partial charge >= 0.3 is 0 Å². The molecule has 0 N–H and O–H groups in total. The molecule has 2 unspecified atom stereocenters. The summed E-state index contributed by atoms with van der Waals surface area (Å²) in [5.41, 5.74) is 10.3. The molecule has 0 heterocycles. The molecule has 57 heavy (non-hydrogen) atoms. The van der Waals surface area contributed by atoms with Crippen LogP contribution in [0.4, 0.5) is 0 Å². The molecule has 0 bridgehead atoms. The zero-order chi connectivity index (χ0) is 41.1. The van der Waals surface area contributed by atoms with Crippen LogP contribution in [0.15, 0.2) is 130 Å². The standard InChI is InChI=1S/C53H64Br2OSi/c1-9-57(10-2,11-3)56-53(7,8)49(39-47-30-34-51(55)35-31-47)38-45-26-22-43(23-27-45)19-17-41-14-12-40(13-15-41)16-18-42-20-24-44(25-21-42)36-48(52(4,5)6)37-46-28-32-50(54)33-29-46/h12-35,48-49H,9-11,36-39H2,1-8H3/b18-16+,19-17+. The monoisotopic (exact) mass is 902 g/mol. The van der Waals surface area contributed by atoms with Gasteiger partial charge in [0.15, 0.2) is 8.32 Å². The summed E-state index contributed by atoms with van der Waals surface area (Å²) in [6.07, 6.45) is 13.0. The lowest BCUT2D eigenvalue weighted by molar-refractivity contribution is 0.0316. The van der Waals surface area contributed by atoms with E-state index in [9.17, 15) is 0 Å². The van der Waals surface area contributed by atoms with Gasteiger partial charge in [-0.05, 0) is 144 Å². The van der Waals surface area contributed by atoms with Crippen LogP contribution in [-0.2, 0) is 30.1 Å². The number of halogens is 2. The van der Waals surface area contributed by atoms with Gasteiger partial charge in [0, 0.05) is 8.95 Å². The van der Waals surface area contributed by atoms with Crippen molar-refractivity contribution in [2.75, 3.05) is 0 Å². The van der Waals surface area contributed by atoms with Gasteiger partial charge < -0.3 is 4.43 Å². The fourth-order valence-corrected chi connectivity index (χ4v) is 11.6. The van der Waals surface area contributed by atoms with Crippen molar-refractivity contribution < 1.29 is 4.43 Å². The van der Waals surface area contributed by atoms with E-state index in [-0.39, 0.29) is 11.0 Å². The first-order valence-electron chi connectivity index (χ1n) is 21.0. The van der Waals surface area contributed by atoms with Crippen molar-refractivity contribution in [1.29, 1.82) is 0 Å². The third-order valence-corrected chi connectivity index (χ3v) is 18.1. The maximum Gasteiger partial charge on any atom is 0.192 e. The van der Waals surface area contributed by atoms with Crippen LogP contribution in [0, 0.1) is 17.3 Å². The molecule has 0 aliphatic rings. The number of hydrogen-bond acceptors (Lipinski definition) is 1. The van der Waals surface area contributed by atoms with Crippen LogP contribution in [0.3, 0.4) is 0 Å². The van der Waals surface area contributed by atoms with E-state index < -0.39 is 8.32 Å². The summed E-state index contributed by atoms with van der Waals surface area (Å²) < 4.78 is 9.47. The number of hydrogen-bond donors (Lipinski definition) is 0.